The zero-order chi connectivity index (χ0) is 15.7. The van der Waals surface area contributed by atoms with Crippen LogP contribution < -0.4 is 10.1 Å². The standard InChI is InChI=1S/C15H13ClN4O2/c1-20-14(16)12(8-18-20)15(21)19-10-5-9-3-4-11(22-2)6-13(9)17-7-10/h3-8H,1-2H3,(H,19,21). The Bertz CT molecular complexity index is 860. The van der Waals surface area contributed by atoms with Crippen LogP contribution in [0.1, 0.15) is 10.4 Å². The van der Waals surface area contributed by atoms with Gasteiger partial charge >= 0.3 is 0 Å². The minimum atomic E-state index is -0.326. The molecule has 112 valence electrons. The molecule has 6 nitrogen and oxygen atoms in total. The van der Waals surface area contributed by atoms with E-state index in [-0.39, 0.29) is 11.1 Å². The molecule has 2 heterocycles. The molecule has 0 atom stereocenters. The topological polar surface area (TPSA) is 69.0 Å². The van der Waals surface area contributed by atoms with Gasteiger partial charge in [0.05, 0.1) is 36.3 Å². The van der Waals surface area contributed by atoms with Gasteiger partial charge in [-0.25, -0.2) is 0 Å². The number of ether oxygens (including phenoxy) is 1. The van der Waals surface area contributed by atoms with Gasteiger partial charge in [-0.3, -0.25) is 14.5 Å². The Labute approximate surface area is 131 Å². The van der Waals surface area contributed by atoms with E-state index in [0.29, 0.717) is 11.3 Å². The predicted octanol–water partition coefficient (Wildman–Crippen LogP) is 2.88. The minimum Gasteiger partial charge on any atom is -0.497 e. The van der Waals surface area contributed by atoms with Crippen LogP contribution in [0.15, 0.2) is 36.7 Å². The molecule has 0 saturated heterocycles. The lowest BCUT2D eigenvalue weighted by Gasteiger charge is -2.06. The highest BCUT2D eigenvalue weighted by Gasteiger charge is 2.14. The van der Waals surface area contributed by atoms with Crippen LogP contribution in [0.5, 0.6) is 5.75 Å². The van der Waals surface area contributed by atoms with Crippen molar-refractivity contribution < 1.29 is 9.53 Å². The van der Waals surface area contributed by atoms with Crippen molar-refractivity contribution in [3.8, 4) is 5.75 Å². The number of aromatic nitrogens is 3. The Morgan fingerprint density at radius 1 is 1.32 bits per heavy atom. The molecule has 0 aliphatic carbocycles. The molecule has 3 rings (SSSR count). The average Bonchev–Trinajstić information content (AvgIpc) is 2.86. The summed E-state index contributed by atoms with van der Waals surface area (Å²) in [5.74, 6) is 0.409. The van der Waals surface area contributed by atoms with Crippen LogP contribution in [0.2, 0.25) is 5.15 Å². The van der Waals surface area contributed by atoms with E-state index in [1.54, 1.807) is 20.4 Å². The number of anilines is 1. The number of pyridine rings is 1. The smallest absolute Gasteiger partial charge is 0.260 e. The lowest BCUT2D eigenvalue weighted by molar-refractivity contribution is 0.102. The molecule has 0 spiro atoms. The first kappa shape index (κ1) is 14.3. The number of rotatable bonds is 3. The number of halogens is 1. The van der Waals surface area contributed by atoms with E-state index >= 15 is 0 Å². The van der Waals surface area contributed by atoms with E-state index in [0.717, 1.165) is 16.7 Å². The molecule has 3 aromatic rings. The van der Waals surface area contributed by atoms with Crippen molar-refractivity contribution in [2.75, 3.05) is 12.4 Å². The lowest BCUT2D eigenvalue weighted by Crippen LogP contribution is -2.12. The van der Waals surface area contributed by atoms with Gasteiger partial charge in [-0.05, 0) is 18.2 Å². The number of methoxy groups -OCH3 is 1. The maximum atomic E-state index is 12.2. The summed E-state index contributed by atoms with van der Waals surface area (Å²) in [4.78, 5) is 16.5. The van der Waals surface area contributed by atoms with Crippen molar-refractivity contribution in [2.45, 2.75) is 0 Å². The normalized spacial score (nSPS) is 10.7. The quantitative estimate of drug-likeness (QED) is 0.806. The zero-order valence-electron chi connectivity index (χ0n) is 12.0. The molecule has 0 saturated carbocycles. The third-order valence-corrected chi connectivity index (χ3v) is 3.71. The number of nitrogens with zero attached hydrogens (tertiary/aromatic N) is 3. The molecule has 22 heavy (non-hydrogen) atoms. The number of fused-ring (bicyclic) bond motifs is 1. The Morgan fingerprint density at radius 2 is 2.14 bits per heavy atom. The fraction of sp³-hybridized carbons (Fsp3) is 0.133. The number of carbonyl (C=O) groups excluding carboxylic acids is 1. The summed E-state index contributed by atoms with van der Waals surface area (Å²) in [6.45, 7) is 0. The molecule has 0 aliphatic rings. The molecule has 0 radical (unpaired) electrons. The van der Waals surface area contributed by atoms with Crippen LogP contribution in [0.25, 0.3) is 10.9 Å². The predicted molar refractivity (Wildman–Crippen MR) is 84.5 cm³/mol. The SMILES string of the molecule is COc1ccc2cc(NC(=O)c3cnn(C)c3Cl)cnc2c1. The minimum absolute atomic E-state index is 0.288. The van der Waals surface area contributed by atoms with Gasteiger partial charge in [-0.1, -0.05) is 11.6 Å². The third kappa shape index (κ3) is 2.60. The van der Waals surface area contributed by atoms with E-state index in [1.165, 1.54) is 10.9 Å². The highest BCUT2D eigenvalue weighted by Crippen LogP contribution is 2.22. The summed E-state index contributed by atoms with van der Waals surface area (Å²) in [5, 5.41) is 7.89. The second-order valence-electron chi connectivity index (χ2n) is 4.71. The summed E-state index contributed by atoms with van der Waals surface area (Å²) in [6, 6.07) is 7.39. The van der Waals surface area contributed by atoms with Crippen molar-refractivity contribution in [1.82, 2.24) is 14.8 Å². The molecule has 1 aromatic carbocycles. The van der Waals surface area contributed by atoms with E-state index < -0.39 is 0 Å². The van der Waals surface area contributed by atoms with Crippen molar-refractivity contribution >= 4 is 34.1 Å². The molecule has 2 aromatic heterocycles. The number of nitrogens with one attached hydrogen (secondary N) is 1. The van der Waals surface area contributed by atoms with Crippen molar-refractivity contribution in [3.05, 3.63) is 47.4 Å². The van der Waals surface area contributed by atoms with Gasteiger partial charge in [-0.2, -0.15) is 5.10 Å². The van der Waals surface area contributed by atoms with Crippen LogP contribution >= 0.6 is 11.6 Å². The van der Waals surface area contributed by atoms with E-state index in [9.17, 15) is 4.79 Å². The number of hydrogen-bond donors (Lipinski definition) is 1. The number of amides is 1. The van der Waals surface area contributed by atoms with Crippen molar-refractivity contribution in [3.63, 3.8) is 0 Å². The highest BCUT2D eigenvalue weighted by molar-refractivity contribution is 6.33. The second kappa shape index (κ2) is 5.65. The van der Waals surface area contributed by atoms with Crippen LogP contribution in [0, 0.1) is 0 Å². The fourth-order valence-corrected chi connectivity index (χ4v) is 2.25. The molecule has 0 fully saturated rings. The number of carbonyl (C=O) groups is 1. The summed E-state index contributed by atoms with van der Waals surface area (Å²) in [7, 11) is 3.28. The van der Waals surface area contributed by atoms with Crippen LogP contribution in [0.4, 0.5) is 5.69 Å². The maximum Gasteiger partial charge on any atom is 0.260 e. The van der Waals surface area contributed by atoms with Gasteiger partial charge in [0.2, 0.25) is 0 Å². The number of hydrogen-bond acceptors (Lipinski definition) is 4. The Balaban J connectivity index is 1.87. The monoisotopic (exact) mass is 316 g/mol. The van der Waals surface area contributed by atoms with E-state index in [2.05, 4.69) is 15.4 Å². The second-order valence-corrected chi connectivity index (χ2v) is 5.07. The molecule has 0 bridgehead atoms. The van der Waals surface area contributed by atoms with Gasteiger partial charge in [0, 0.05) is 18.5 Å². The van der Waals surface area contributed by atoms with Crippen molar-refractivity contribution in [1.29, 1.82) is 0 Å². The molecular weight excluding hydrogens is 304 g/mol. The third-order valence-electron chi connectivity index (χ3n) is 3.26. The molecular formula is C15H13ClN4O2. The molecule has 1 N–H and O–H groups in total. The summed E-state index contributed by atoms with van der Waals surface area (Å²) in [5.41, 5.74) is 1.69. The zero-order valence-corrected chi connectivity index (χ0v) is 12.8. The summed E-state index contributed by atoms with van der Waals surface area (Å²) < 4.78 is 6.59. The Morgan fingerprint density at radius 3 is 2.82 bits per heavy atom. The van der Waals surface area contributed by atoms with Gasteiger partial charge in [0.15, 0.2) is 0 Å². The van der Waals surface area contributed by atoms with Crippen LogP contribution in [0.3, 0.4) is 0 Å². The van der Waals surface area contributed by atoms with Gasteiger partial charge < -0.3 is 10.1 Å². The van der Waals surface area contributed by atoms with Crippen LogP contribution in [-0.2, 0) is 7.05 Å². The number of aryl methyl sites for hydroxylation is 1. The Hall–Kier alpha value is -2.60. The van der Waals surface area contributed by atoms with Gasteiger partial charge in [0.1, 0.15) is 10.9 Å². The first-order valence-corrected chi connectivity index (χ1v) is 6.89. The maximum absolute atomic E-state index is 12.2. The van der Waals surface area contributed by atoms with Crippen molar-refractivity contribution in [2.24, 2.45) is 7.05 Å². The fourth-order valence-electron chi connectivity index (χ4n) is 2.07. The first-order valence-electron chi connectivity index (χ1n) is 6.51. The number of benzene rings is 1. The average molecular weight is 317 g/mol. The van der Waals surface area contributed by atoms with E-state index in [4.69, 9.17) is 16.3 Å². The van der Waals surface area contributed by atoms with Gasteiger partial charge in [0.25, 0.3) is 5.91 Å². The lowest BCUT2D eigenvalue weighted by atomic mass is 10.2. The first-order chi connectivity index (χ1) is 10.6. The van der Waals surface area contributed by atoms with Gasteiger partial charge in [-0.15, -0.1) is 0 Å². The molecule has 0 aliphatic heterocycles. The van der Waals surface area contributed by atoms with Crippen LogP contribution in [-0.4, -0.2) is 27.8 Å². The summed E-state index contributed by atoms with van der Waals surface area (Å²) in [6.07, 6.45) is 3.01. The molecule has 1 amide bonds. The Kier molecular flexibility index (Phi) is 3.68. The highest BCUT2D eigenvalue weighted by atomic mass is 35.5. The molecule has 7 heteroatoms. The van der Waals surface area contributed by atoms with E-state index in [1.807, 2.05) is 24.3 Å². The largest absolute Gasteiger partial charge is 0.497 e. The molecule has 0 unspecified atom stereocenters. The summed E-state index contributed by atoms with van der Waals surface area (Å²) >= 11 is 6.01.